The van der Waals surface area contributed by atoms with E-state index in [2.05, 4.69) is 10.2 Å². The van der Waals surface area contributed by atoms with E-state index in [9.17, 15) is 9.59 Å². The number of rotatable bonds is 7. The lowest BCUT2D eigenvalue weighted by atomic mass is 10.1. The number of carbonyl (C=O) groups is 2. The van der Waals surface area contributed by atoms with Crippen molar-refractivity contribution in [2.24, 2.45) is 0 Å². The second-order valence-electron chi connectivity index (χ2n) is 7.33. The summed E-state index contributed by atoms with van der Waals surface area (Å²) in [5, 5.41) is 7.54. The molecule has 1 amide bonds. The van der Waals surface area contributed by atoms with Crippen molar-refractivity contribution in [2.75, 3.05) is 0 Å². The molecule has 0 spiro atoms. The number of hydrogen-bond donors (Lipinski definition) is 1. The first-order chi connectivity index (χ1) is 15.1. The number of H-pyrrole nitrogens is 1. The van der Waals surface area contributed by atoms with Crippen LogP contribution >= 0.6 is 0 Å². The van der Waals surface area contributed by atoms with Gasteiger partial charge in [-0.15, -0.1) is 0 Å². The molecule has 4 aromatic rings. The fourth-order valence-corrected chi connectivity index (χ4v) is 3.46. The summed E-state index contributed by atoms with van der Waals surface area (Å²) in [5.74, 6) is -0.890. The Hall–Kier alpha value is -3.93. The fourth-order valence-electron chi connectivity index (χ4n) is 3.46. The molecule has 4 rings (SSSR count). The van der Waals surface area contributed by atoms with Gasteiger partial charge in [0, 0.05) is 18.5 Å². The molecule has 0 aliphatic heterocycles. The number of para-hydroxylation sites is 1. The largest absolute Gasteiger partial charge is 0.448 e. The minimum absolute atomic E-state index is 0.174. The minimum atomic E-state index is -0.949. The molecule has 0 aliphatic carbocycles. The second kappa shape index (κ2) is 9.26. The molecule has 0 radical (unpaired) electrons. The fraction of sp³-hybridized carbons (Fsp3) is 0.160. The third-order valence-electron chi connectivity index (χ3n) is 5.04. The molecule has 0 saturated heterocycles. The normalized spacial score (nSPS) is 11.8. The van der Waals surface area contributed by atoms with Crippen molar-refractivity contribution in [2.45, 2.75) is 26.1 Å². The molecule has 0 saturated carbocycles. The molecule has 6 heteroatoms. The van der Waals surface area contributed by atoms with E-state index in [0.717, 1.165) is 16.6 Å². The van der Waals surface area contributed by atoms with Crippen LogP contribution in [0, 0.1) is 0 Å². The Kier molecular flexibility index (Phi) is 6.08. The molecule has 6 nitrogen and oxygen atoms in total. The van der Waals surface area contributed by atoms with Crippen LogP contribution in [-0.2, 0) is 22.6 Å². The lowest BCUT2D eigenvalue weighted by molar-refractivity contribution is -0.141. The van der Waals surface area contributed by atoms with E-state index in [1.165, 1.54) is 0 Å². The van der Waals surface area contributed by atoms with Gasteiger partial charge in [-0.25, -0.2) is 4.79 Å². The highest BCUT2D eigenvalue weighted by molar-refractivity contribution is 6.02. The highest BCUT2D eigenvalue weighted by Gasteiger charge is 2.26. The summed E-state index contributed by atoms with van der Waals surface area (Å²) < 4.78 is 5.51. The average Bonchev–Trinajstić information content (AvgIpc) is 3.24. The van der Waals surface area contributed by atoms with Crippen molar-refractivity contribution in [1.82, 2.24) is 15.1 Å². The van der Waals surface area contributed by atoms with Crippen LogP contribution in [0.1, 0.15) is 28.5 Å². The maximum Gasteiger partial charge on any atom is 0.360 e. The molecule has 0 fully saturated rings. The minimum Gasteiger partial charge on any atom is -0.448 e. The number of esters is 1. The molecular weight excluding hydrogens is 390 g/mol. The van der Waals surface area contributed by atoms with Crippen molar-refractivity contribution in [1.29, 1.82) is 0 Å². The Bertz CT molecular complexity index is 1130. The van der Waals surface area contributed by atoms with Crippen molar-refractivity contribution in [3.8, 4) is 0 Å². The number of hydrogen-bond acceptors (Lipinski definition) is 4. The summed E-state index contributed by atoms with van der Waals surface area (Å²) in [7, 11) is 0. The topological polar surface area (TPSA) is 75.3 Å². The van der Waals surface area contributed by atoms with Gasteiger partial charge in [0.2, 0.25) is 0 Å². The first kappa shape index (κ1) is 20.3. The van der Waals surface area contributed by atoms with E-state index in [1.54, 1.807) is 17.9 Å². The van der Waals surface area contributed by atoms with E-state index in [1.807, 2.05) is 78.9 Å². The van der Waals surface area contributed by atoms with E-state index in [4.69, 9.17) is 4.74 Å². The first-order valence-corrected chi connectivity index (χ1v) is 10.1. The van der Waals surface area contributed by atoms with E-state index in [-0.39, 0.29) is 11.6 Å². The lowest BCUT2D eigenvalue weighted by Gasteiger charge is -2.26. The van der Waals surface area contributed by atoms with Gasteiger partial charge >= 0.3 is 5.97 Å². The first-order valence-electron chi connectivity index (χ1n) is 10.1. The number of fused-ring (bicyclic) bond motifs is 1. The Balaban J connectivity index is 1.51. The molecule has 3 aromatic carbocycles. The Morgan fingerprint density at radius 2 is 1.42 bits per heavy atom. The monoisotopic (exact) mass is 413 g/mol. The molecule has 1 unspecified atom stereocenters. The van der Waals surface area contributed by atoms with Gasteiger partial charge in [0.25, 0.3) is 5.91 Å². The van der Waals surface area contributed by atoms with Gasteiger partial charge in [0.05, 0.1) is 5.52 Å². The zero-order valence-electron chi connectivity index (χ0n) is 17.2. The third kappa shape index (κ3) is 4.80. The lowest BCUT2D eigenvalue weighted by Crippen LogP contribution is -2.39. The SMILES string of the molecule is CC(OC(=O)c1n[nH]c2ccccc12)C(=O)N(Cc1ccccc1)Cc1ccccc1. The van der Waals surface area contributed by atoms with Gasteiger partial charge in [0.1, 0.15) is 0 Å². The summed E-state index contributed by atoms with van der Waals surface area (Å²) in [5.41, 5.74) is 2.92. The highest BCUT2D eigenvalue weighted by atomic mass is 16.5. The number of amides is 1. The van der Waals surface area contributed by atoms with Gasteiger partial charge in [-0.3, -0.25) is 9.89 Å². The maximum atomic E-state index is 13.2. The smallest absolute Gasteiger partial charge is 0.360 e. The van der Waals surface area contributed by atoms with Crippen LogP contribution < -0.4 is 0 Å². The molecule has 1 N–H and O–H groups in total. The summed E-state index contributed by atoms with van der Waals surface area (Å²) >= 11 is 0. The molecule has 156 valence electrons. The van der Waals surface area contributed by atoms with Gasteiger partial charge in [-0.2, -0.15) is 5.10 Å². The highest BCUT2D eigenvalue weighted by Crippen LogP contribution is 2.18. The van der Waals surface area contributed by atoms with Gasteiger partial charge in [0.15, 0.2) is 11.8 Å². The molecule has 1 heterocycles. The Labute approximate surface area is 180 Å². The van der Waals surface area contributed by atoms with E-state index >= 15 is 0 Å². The predicted molar refractivity (Wildman–Crippen MR) is 118 cm³/mol. The molecule has 31 heavy (non-hydrogen) atoms. The van der Waals surface area contributed by atoms with E-state index < -0.39 is 12.1 Å². The summed E-state index contributed by atoms with van der Waals surface area (Å²) in [6.45, 7) is 2.43. The van der Waals surface area contributed by atoms with Crippen molar-refractivity contribution in [3.63, 3.8) is 0 Å². The zero-order chi connectivity index (χ0) is 21.6. The molecule has 1 atom stereocenters. The van der Waals surface area contributed by atoms with Gasteiger partial charge in [-0.1, -0.05) is 78.9 Å². The number of nitrogens with zero attached hydrogens (tertiary/aromatic N) is 2. The summed E-state index contributed by atoms with van der Waals surface area (Å²) in [6.07, 6.45) is -0.949. The second-order valence-corrected chi connectivity index (χ2v) is 7.33. The predicted octanol–water partition coefficient (Wildman–Crippen LogP) is 4.34. The molecule has 0 aliphatic rings. The van der Waals surface area contributed by atoms with Crippen LogP contribution in [0.5, 0.6) is 0 Å². The van der Waals surface area contributed by atoms with Crippen LogP contribution in [0.3, 0.4) is 0 Å². The standard InChI is InChI=1S/C25H23N3O3/c1-18(31-25(30)23-21-14-8-9-15-22(21)26-27-23)24(29)28(16-19-10-4-2-5-11-19)17-20-12-6-3-7-13-20/h2-15,18H,16-17H2,1H3,(H,26,27). The van der Waals surface area contributed by atoms with Crippen LogP contribution in [0.2, 0.25) is 0 Å². The van der Waals surface area contributed by atoms with Gasteiger partial charge in [-0.05, 0) is 24.1 Å². The van der Waals surface area contributed by atoms with Crippen LogP contribution in [-0.4, -0.2) is 33.1 Å². The van der Waals surface area contributed by atoms with Crippen LogP contribution in [0.15, 0.2) is 84.9 Å². The maximum absolute atomic E-state index is 13.2. The summed E-state index contributed by atoms with van der Waals surface area (Å²) in [6, 6.07) is 26.8. The molecule has 1 aromatic heterocycles. The number of carbonyl (C=O) groups excluding carboxylic acids is 2. The van der Waals surface area contributed by atoms with Crippen LogP contribution in [0.4, 0.5) is 0 Å². The molecular formula is C25H23N3O3. The summed E-state index contributed by atoms with van der Waals surface area (Å²) in [4.78, 5) is 27.6. The van der Waals surface area contributed by atoms with Crippen molar-refractivity contribution >= 4 is 22.8 Å². The van der Waals surface area contributed by atoms with Gasteiger partial charge < -0.3 is 9.64 Å². The number of aromatic nitrogens is 2. The zero-order valence-corrected chi connectivity index (χ0v) is 17.2. The van der Waals surface area contributed by atoms with Crippen molar-refractivity contribution in [3.05, 3.63) is 102 Å². The number of benzene rings is 3. The Morgan fingerprint density at radius 3 is 2.03 bits per heavy atom. The van der Waals surface area contributed by atoms with Crippen molar-refractivity contribution < 1.29 is 14.3 Å². The van der Waals surface area contributed by atoms with E-state index in [0.29, 0.717) is 18.5 Å². The number of nitrogens with one attached hydrogen (secondary N) is 1. The molecule has 0 bridgehead atoms. The quantitative estimate of drug-likeness (QED) is 0.458. The van der Waals surface area contributed by atoms with Crippen LogP contribution in [0.25, 0.3) is 10.9 Å². The number of aromatic amines is 1. The third-order valence-corrected chi connectivity index (χ3v) is 5.04. The number of ether oxygens (including phenoxy) is 1. The Morgan fingerprint density at radius 1 is 0.871 bits per heavy atom. The average molecular weight is 413 g/mol.